The second-order valence-corrected chi connectivity index (χ2v) is 8.90. The summed E-state index contributed by atoms with van der Waals surface area (Å²) in [6.07, 6.45) is 6.55. The molecule has 0 atom stereocenters. The first-order valence-corrected chi connectivity index (χ1v) is 9.18. The van der Waals surface area contributed by atoms with E-state index in [1.165, 1.54) is 0 Å². The molecule has 0 unspecified atom stereocenters. The van der Waals surface area contributed by atoms with Crippen molar-refractivity contribution in [2.75, 3.05) is 18.5 Å². The minimum atomic E-state index is -2.03. The number of unbranched alkanes of at least 4 members (excludes halogenated alkanes) is 3. The van der Waals surface area contributed by atoms with Crippen molar-refractivity contribution in [2.24, 2.45) is 0 Å². The maximum Gasteiger partial charge on any atom is 0.344 e. The predicted molar refractivity (Wildman–Crippen MR) is 72.2 cm³/mol. The van der Waals surface area contributed by atoms with Gasteiger partial charge in [0.2, 0.25) is 0 Å². The summed E-state index contributed by atoms with van der Waals surface area (Å²) in [6.45, 7) is 6.29. The Morgan fingerprint density at radius 1 is 0.750 bits per heavy atom. The van der Waals surface area contributed by atoms with Crippen LogP contribution in [0, 0.1) is 0 Å². The third-order valence-corrected chi connectivity index (χ3v) is 7.73. The zero-order valence-electron chi connectivity index (χ0n) is 11.1. The maximum absolute atomic E-state index is 13.4. The van der Waals surface area contributed by atoms with Crippen LogP contribution in [0.15, 0.2) is 0 Å². The summed E-state index contributed by atoms with van der Waals surface area (Å²) in [6, 6.07) is 0. The van der Waals surface area contributed by atoms with Crippen molar-refractivity contribution >= 4 is 7.26 Å². The van der Waals surface area contributed by atoms with Gasteiger partial charge in [-0.3, -0.25) is 0 Å². The van der Waals surface area contributed by atoms with E-state index < -0.39 is 13.4 Å². The minimum Gasteiger partial charge on any atom is -0.170 e. The van der Waals surface area contributed by atoms with E-state index in [1.54, 1.807) is 0 Å². The Bertz CT molecular complexity index is 138. The van der Waals surface area contributed by atoms with Gasteiger partial charge in [-0.25, -0.2) is 0 Å². The van der Waals surface area contributed by atoms with E-state index in [4.69, 9.17) is 0 Å². The fourth-order valence-corrected chi connectivity index (χ4v) is 6.14. The molecule has 0 saturated carbocycles. The van der Waals surface area contributed by atoms with Gasteiger partial charge in [-0.15, -0.1) is 0 Å². The van der Waals surface area contributed by atoms with Crippen LogP contribution in [0.1, 0.15) is 59.3 Å². The van der Waals surface area contributed by atoms with Crippen LogP contribution in [0.25, 0.3) is 0 Å². The first-order chi connectivity index (χ1) is 7.63. The topological polar surface area (TPSA) is 0 Å². The van der Waals surface area contributed by atoms with Crippen molar-refractivity contribution < 1.29 is 8.78 Å². The predicted octanol–water partition coefficient (Wildman–Crippen LogP) is 5.63. The molecule has 0 fully saturated rings. The van der Waals surface area contributed by atoms with Gasteiger partial charge in [0.25, 0.3) is 0 Å². The monoisotopic (exact) mass is 253 g/mol. The molecule has 0 saturated heterocycles. The third-order valence-electron chi connectivity index (χ3n) is 3.29. The van der Waals surface area contributed by atoms with Gasteiger partial charge in [0.05, 0.1) is 25.7 Å². The summed E-state index contributed by atoms with van der Waals surface area (Å²) in [5.74, 6) is 0. The molecule has 0 aliphatic rings. The van der Waals surface area contributed by atoms with Gasteiger partial charge in [-0.1, -0.05) is 40.0 Å². The highest BCUT2D eigenvalue weighted by atomic mass is 31.2. The van der Waals surface area contributed by atoms with Crippen molar-refractivity contribution in [1.29, 1.82) is 0 Å². The standard InChI is InChI=1S/C13H28F2P/c1-4-7-10-16(13(14)15,11-8-5-2)12-9-6-3/h13H,4-12H2,1-3H3/q+1. The van der Waals surface area contributed by atoms with Gasteiger partial charge in [-0.05, 0) is 19.3 Å². The quantitative estimate of drug-likeness (QED) is 0.443. The van der Waals surface area contributed by atoms with E-state index in [0.717, 1.165) is 57.0 Å². The van der Waals surface area contributed by atoms with Crippen LogP contribution in [-0.4, -0.2) is 24.7 Å². The fourth-order valence-electron chi connectivity index (χ4n) is 2.05. The molecule has 0 heterocycles. The van der Waals surface area contributed by atoms with Crippen LogP contribution in [0.3, 0.4) is 0 Å². The molecule has 0 amide bonds. The van der Waals surface area contributed by atoms with Gasteiger partial charge < -0.3 is 0 Å². The Hall–Kier alpha value is 0.290. The Balaban J connectivity index is 4.46. The highest BCUT2D eigenvalue weighted by Gasteiger charge is 2.45. The SMILES string of the molecule is CCCC[P+](CCCC)(CCCC)C(F)F. The molecule has 3 heteroatoms. The molecule has 98 valence electrons. The highest BCUT2D eigenvalue weighted by molar-refractivity contribution is 7.76. The van der Waals surface area contributed by atoms with E-state index >= 15 is 0 Å². The van der Waals surface area contributed by atoms with Crippen LogP contribution in [0.5, 0.6) is 0 Å². The molecule has 0 spiro atoms. The van der Waals surface area contributed by atoms with Gasteiger partial charge in [0, 0.05) is 0 Å². The van der Waals surface area contributed by atoms with Crippen LogP contribution in [-0.2, 0) is 0 Å². The summed E-state index contributed by atoms with van der Waals surface area (Å²) in [5, 5.41) is 0. The van der Waals surface area contributed by atoms with Crippen molar-refractivity contribution in [2.45, 2.75) is 65.5 Å². The number of rotatable bonds is 10. The average Bonchev–Trinajstić information content (AvgIpc) is 2.28. The zero-order valence-corrected chi connectivity index (χ0v) is 12.0. The maximum atomic E-state index is 13.4. The van der Waals surface area contributed by atoms with Crippen molar-refractivity contribution in [3.63, 3.8) is 0 Å². The molecule has 0 aromatic heterocycles. The number of alkyl halides is 2. The number of hydrogen-bond donors (Lipinski definition) is 0. The lowest BCUT2D eigenvalue weighted by Gasteiger charge is -2.26. The fraction of sp³-hybridized carbons (Fsp3) is 1.00. The molecule has 0 rings (SSSR count). The van der Waals surface area contributed by atoms with Crippen molar-refractivity contribution in [1.82, 2.24) is 0 Å². The molecular weight excluding hydrogens is 225 g/mol. The minimum absolute atomic E-state index is 0.821. The lowest BCUT2D eigenvalue weighted by molar-refractivity contribution is 0.239. The first kappa shape index (κ1) is 16.3. The Morgan fingerprint density at radius 3 is 1.25 bits per heavy atom. The average molecular weight is 253 g/mol. The summed E-state index contributed by atoms with van der Waals surface area (Å²) >= 11 is 0. The molecule has 16 heavy (non-hydrogen) atoms. The van der Waals surface area contributed by atoms with Crippen LogP contribution in [0.4, 0.5) is 8.78 Å². The highest BCUT2D eigenvalue weighted by Crippen LogP contribution is 2.65. The zero-order chi connectivity index (χ0) is 12.4. The molecule has 0 nitrogen and oxygen atoms in total. The van der Waals surface area contributed by atoms with E-state index in [9.17, 15) is 8.78 Å². The van der Waals surface area contributed by atoms with Gasteiger partial charge in [0.1, 0.15) is 0 Å². The lowest BCUT2D eigenvalue weighted by atomic mass is 10.4. The molecule has 0 aromatic carbocycles. The van der Waals surface area contributed by atoms with Crippen molar-refractivity contribution in [3.05, 3.63) is 0 Å². The summed E-state index contributed by atoms with van der Waals surface area (Å²) in [5.41, 5.74) is 0. The van der Waals surface area contributed by atoms with E-state index in [-0.39, 0.29) is 0 Å². The molecule has 0 N–H and O–H groups in total. The van der Waals surface area contributed by atoms with Crippen LogP contribution < -0.4 is 0 Å². The summed E-state index contributed by atoms with van der Waals surface area (Å²) < 4.78 is 26.7. The Labute approximate surface area is 101 Å². The first-order valence-electron chi connectivity index (χ1n) is 6.76. The molecule has 0 aliphatic heterocycles. The van der Waals surface area contributed by atoms with E-state index in [1.807, 2.05) is 0 Å². The second-order valence-electron chi connectivity index (χ2n) is 4.73. The van der Waals surface area contributed by atoms with Gasteiger partial charge >= 0.3 is 6.17 Å². The normalized spacial score (nSPS) is 12.4. The smallest absolute Gasteiger partial charge is 0.170 e. The van der Waals surface area contributed by atoms with E-state index in [0.29, 0.717) is 0 Å². The van der Waals surface area contributed by atoms with Gasteiger partial charge in [-0.2, -0.15) is 8.78 Å². The number of hydrogen-bond acceptors (Lipinski definition) is 0. The van der Waals surface area contributed by atoms with Crippen LogP contribution in [0.2, 0.25) is 0 Å². The van der Waals surface area contributed by atoms with E-state index in [2.05, 4.69) is 20.8 Å². The lowest BCUT2D eigenvalue weighted by Crippen LogP contribution is -2.15. The largest absolute Gasteiger partial charge is 0.344 e. The molecule has 0 radical (unpaired) electrons. The Kier molecular flexibility index (Phi) is 9.50. The molecule has 0 aliphatic carbocycles. The second kappa shape index (κ2) is 9.33. The molecule has 0 aromatic rings. The summed E-state index contributed by atoms with van der Waals surface area (Å²) in [7, 11) is -1.95. The van der Waals surface area contributed by atoms with Crippen molar-refractivity contribution in [3.8, 4) is 0 Å². The Morgan fingerprint density at radius 2 is 1.06 bits per heavy atom. The molecule has 0 bridgehead atoms. The molecular formula is C13H28F2P+. The van der Waals surface area contributed by atoms with Gasteiger partial charge in [0.15, 0.2) is 0 Å². The summed E-state index contributed by atoms with van der Waals surface area (Å²) in [4.78, 5) is 0. The third kappa shape index (κ3) is 5.57. The van der Waals surface area contributed by atoms with Crippen LogP contribution >= 0.6 is 7.26 Å². The number of halogens is 2.